The van der Waals surface area contributed by atoms with E-state index >= 15 is 0 Å². The normalized spacial score (nSPS) is 10.1. The van der Waals surface area contributed by atoms with Crippen LogP contribution in [0.2, 0.25) is 0 Å². The first-order chi connectivity index (χ1) is 8.28. The van der Waals surface area contributed by atoms with E-state index in [1.54, 1.807) is 6.20 Å². The highest BCUT2D eigenvalue weighted by molar-refractivity contribution is 5.31. The smallest absolute Gasteiger partial charge is 0.208 e. The zero-order valence-electron chi connectivity index (χ0n) is 9.60. The lowest BCUT2D eigenvalue weighted by Gasteiger charge is -2.02. The van der Waals surface area contributed by atoms with Crippen molar-refractivity contribution in [3.05, 3.63) is 53.2 Å². The first kappa shape index (κ1) is 11.4. The Kier molecular flexibility index (Phi) is 3.53. The molecule has 0 saturated heterocycles. The number of rotatable bonds is 4. The minimum atomic E-state index is 0.605. The molecule has 1 aromatic carbocycles. The molecule has 0 aliphatic heterocycles. The summed E-state index contributed by atoms with van der Waals surface area (Å²) in [5.41, 5.74) is 1.81. The number of nitrogens with one attached hydrogen (secondary N) is 1. The van der Waals surface area contributed by atoms with Gasteiger partial charge in [-0.2, -0.15) is 5.26 Å². The average Bonchev–Trinajstić information content (AvgIpc) is 2.76. The van der Waals surface area contributed by atoms with Crippen molar-refractivity contribution in [3.8, 4) is 6.07 Å². The largest absolute Gasteiger partial charge is 0.445 e. The molecule has 0 unspecified atom stereocenters. The van der Waals surface area contributed by atoms with E-state index in [0.717, 1.165) is 17.9 Å². The minimum absolute atomic E-state index is 0.605. The zero-order chi connectivity index (χ0) is 12.1. The Labute approximate surface area is 99.9 Å². The molecular formula is C13H13N3O. The molecule has 0 aliphatic carbocycles. The molecular weight excluding hydrogens is 214 g/mol. The summed E-state index contributed by atoms with van der Waals surface area (Å²) >= 11 is 0. The average molecular weight is 227 g/mol. The summed E-state index contributed by atoms with van der Waals surface area (Å²) < 4.78 is 5.34. The summed E-state index contributed by atoms with van der Waals surface area (Å²) in [5.74, 6) is 1.51. The van der Waals surface area contributed by atoms with Gasteiger partial charge in [0.25, 0.3) is 0 Å². The van der Waals surface area contributed by atoms with Gasteiger partial charge in [0.2, 0.25) is 5.89 Å². The highest BCUT2D eigenvalue weighted by Crippen LogP contribution is 2.04. The predicted octanol–water partition coefficient (Wildman–Crippen LogP) is 2.14. The third kappa shape index (κ3) is 3.16. The van der Waals surface area contributed by atoms with E-state index in [4.69, 9.17) is 9.68 Å². The van der Waals surface area contributed by atoms with Crippen LogP contribution in [0.1, 0.15) is 22.8 Å². The maximum atomic E-state index is 8.67. The van der Waals surface area contributed by atoms with Crippen molar-refractivity contribution >= 4 is 0 Å². The van der Waals surface area contributed by atoms with Crippen LogP contribution in [-0.4, -0.2) is 4.98 Å². The summed E-state index contributed by atoms with van der Waals surface area (Å²) in [6.45, 7) is 3.21. The molecule has 0 aliphatic rings. The van der Waals surface area contributed by atoms with Crippen molar-refractivity contribution in [2.24, 2.45) is 0 Å². The van der Waals surface area contributed by atoms with E-state index in [9.17, 15) is 0 Å². The van der Waals surface area contributed by atoms with Crippen molar-refractivity contribution in [1.82, 2.24) is 10.3 Å². The Morgan fingerprint density at radius 3 is 2.65 bits per heavy atom. The number of benzene rings is 1. The number of nitrogens with zero attached hydrogens (tertiary/aromatic N) is 2. The molecule has 4 heteroatoms. The monoisotopic (exact) mass is 227 g/mol. The SMILES string of the molecule is Cc1cnc(CNCc2ccc(C#N)cc2)o1. The Balaban J connectivity index is 1.84. The van der Waals surface area contributed by atoms with E-state index in [-0.39, 0.29) is 0 Å². The van der Waals surface area contributed by atoms with Gasteiger partial charge >= 0.3 is 0 Å². The highest BCUT2D eigenvalue weighted by Gasteiger charge is 1.99. The van der Waals surface area contributed by atoms with Gasteiger partial charge in [-0.1, -0.05) is 12.1 Å². The van der Waals surface area contributed by atoms with Crippen molar-refractivity contribution in [1.29, 1.82) is 5.26 Å². The number of hydrogen-bond donors (Lipinski definition) is 1. The van der Waals surface area contributed by atoms with Gasteiger partial charge in [-0.3, -0.25) is 0 Å². The Hall–Kier alpha value is -2.12. The van der Waals surface area contributed by atoms with Crippen LogP contribution in [0.3, 0.4) is 0 Å². The molecule has 2 rings (SSSR count). The number of oxazole rings is 1. The quantitative estimate of drug-likeness (QED) is 0.869. The lowest BCUT2D eigenvalue weighted by Crippen LogP contribution is -2.12. The summed E-state index contributed by atoms with van der Waals surface area (Å²) in [4.78, 5) is 4.10. The lowest BCUT2D eigenvalue weighted by molar-refractivity contribution is 0.449. The first-order valence-corrected chi connectivity index (χ1v) is 5.39. The van der Waals surface area contributed by atoms with Crippen molar-refractivity contribution in [2.75, 3.05) is 0 Å². The minimum Gasteiger partial charge on any atom is -0.445 e. The fourth-order valence-electron chi connectivity index (χ4n) is 1.49. The fourth-order valence-corrected chi connectivity index (χ4v) is 1.49. The second-order valence-electron chi connectivity index (χ2n) is 3.78. The number of nitriles is 1. The van der Waals surface area contributed by atoms with Crippen LogP contribution in [0.15, 0.2) is 34.9 Å². The van der Waals surface area contributed by atoms with Gasteiger partial charge in [-0.25, -0.2) is 4.98 Å². The third-order valence-electron chi connectivity index (χ3n) is 2.36. The topological polar surface area (TPSA) is 61.9 Å². The molecule has 4 nitrogen and oxygen atoms in total. The van der Waals surface area contributed by atoms with Crippen LogP contribution in [0, 0.1) is 18.3 Å². The maximum Gasteiger partial charge on any atom is 0.208 e. The van der Waals surface area contributed by atoms with Gasteiger partial charge in [0.1, 0.15) is 5.76 Å². The molecule has 1 heterocycles. The molecule has 0 amide bonds. The molecule has 0 atom stereocenters. The molecule has 86 valence electrons. The van der Waals surface area contributed by atoms with E-state index in [0.29, 0.717) is 18.0 Å². The molecule has 0 saturated carbocycles. The Morgan fingerprint density at radius 1 is 1.29 bits per heavy atom. The molecule has 0 bridgehead atoms. The zero-order valence-corrected chi connectivity index (χ0v) is 9.60. The molecule has 17 heavy (non-hydrogen) atoms. The highest BCUT2D eigenvalue weighted by atomic mass is 16.4. The van der Waals surface area contributed by atoms with E-state index in [1.807, 2.05) is 31.2 Å². The molecule has 0 radical (unpaired) electrons. The second-order valence-corrected chi connectivity index (χ2v) is 3.78. The van der Waals surface area contributed by atoms with E-state index in [2.05, 4.69) is 16.4 Å². The maximum absolute atomic E-state index is 8.67. The second kappa shape index (κ2) is 5.28. The van der Waals surface area contributed by atoms with Crippen molar-refractivity contribution < 1.29 is 4.42 Å². The van der Waals surface area contributed by atoms with Gasteiger partial charge in [-0.05, 0) is 24.6 Å². The third-order valence-corrected chi connectivity index (χ3v) is 2.36. The van der Waals surface area contributed by atoms with Gasteiger partial charge in [0.05, 0.1) is 24.4 Å². The Bertz CT molecular complexity index is 522. The standard InChI is InChI=1S/C13H13N3O/c1-10-7-16-13(17-10)9-15-8-12-4-2-11(6-14)3-5-12/h2-5,7,15H,8-9H2,1H3. The first-order valence-electron chi connectivity index (χ1n) is 5.39. The molecule has 0 fully saturated rings. The molecule has 0 spiro atoms. The molecule has 2 aromatic rings. The Morgan fingerprint density at radius 2 is 2.06 bits per heavy atom. The summed E-state index contributed by atoms with van der Waals surface area (Å²) in [7, 11) is 0. The van der Waals surface area contributed by atoms with Crippen LogP contribution in [0.5, 0.6) is 0 Å². The van der Waals surface area contributed by atoms with Gasteiger partial charge < -0.3 is 9.73 Å². The van der Waals surface area contributed by atoms with Crippen LogP contribution < -0.4 is 5.32 Å². The van der Waals surface area contributed by atoms with E-state index in [1.165, 1.54) is 0 Å². The molecule has 1 aromatic heterocycles. The lowest BCUT2D eigenvalue weighted by atomic mass is 10.1. The van der Waals surface area contributed by atoms with Gasteiger partial charge in [0.15, 0.2) is 0 Å². The fraction of sp³-hybridized carbons (Fsp3) is 0.231. The van der Waals surface area contributed by atoms with Crippen LogP contribution in [0.25, 0.3) is 0 Å². The summed E-state index contributed by atoms with van der Waals surface area (Å²) in [6, 6.07) is 9.59. The summed E-state index contributed by atoms with van der Waals surface area (Å²) in [5, 5.41) is 11.9. The summed E-state index contributed by atoms with van der Waals surface area (Å²) in [6.07, 6.45) is 1.71. The van der Waals surface area contributed by atoms with Gasteiger partial charge in [-0.15, -0.1) is 0 Å². The number of hydrogen-bond acceptors (Lipinski definition) is 4. The van der Waals surface area contributed by atoms with Crippen LogP contribution in [0.4, 0.5) is 0 Å². The predicted molar refractivity (Wildman–Crippen MR) is 62.9 cm³/mol. The molecule has 1 N–H and O–H groups in total. The van der Waals surface area contributed by atoms with Crippen molar-refractivity contribution in [2.45, 2.75) is 20.0 Å². The van der Waals surface area contributed by atoms with Crippen LogP contribution >= 0.6 is 0 Å². The van der Waals surface area contributed by atoms with Crippen molar-refractivity contribution in [3.63, 3.8) is 0 Å². The number of aryl methyl sites for hydroxylation is 1. The van der Waals surface area contributed by atoms with Gasteiger partial charge in [0, 0.05) is 6.54 Å². The number of aromatic nitrogens is 1. The van der Waals surface area contributed by atoms with E-state index < -0.39 is 0 Å². The van der Waals surface area contributed by atoms with Crippen LogP contribution in [-0.2, 0) is 13.1 Å².